The van der Waals surface area contributed by atoms with Gasteiger partial charge >= 0.3 is 0 Å². The van der Waals surface area contributed by atoms with Crippen molar-refractivity contribution in [2.45, 2.75) is 6.92 Å². The minimum Gasteiger partial charge on any atom is -0.323 e. The predicted molar refractivity (Wildman–Crippen MR) is 94.6 cm³/mol. The zero-order chi connectivity index (χ0) is 17.0. The van der Waals surface area contributed by atoms with Gasteiger partial charge in [0.15, 0.2) is 5.82 Å². The van der Waals surface area contributed by atoms with Crippen molar-refractivity contribution in [3.05, 3.63) is 54.7 Å². The molecule has 0 aliphatic heterocycles. The average Bonchev–Trinajstić information content (AvgIpc) is 3.05. The minimum atomic E-state index is -3.27. The van der Waals surface area contributed by atoms with Gasteiger partial charge in [-0.3, -0.25) is 9.82 Å². The van der Waals surface area contributed by atoms with Crippen molar-refractivity contribution in [2.75, 3.05) is 15.8 Å². The number of benzene rings is 1. The molecule has 8 heteroatoms. The van der Waals surface area contributed by atoms with Crippen molar-refractivity contribution in [3.63, 3.8) is 0 Å². The maximum atomic E-state index is 11.6. The van der Waals surface area contributed by atoms with Crippen LogP contribution in [0.1, 0.15) is 6.92 Å². The highest BCUT2D eigenvalue weighted by Crippen LogP contribution is 2.23. The van der Waals surface area contributed by atoms with E-state index < -0.39 is 10.0 Å². The summed E-state index contributed by atoms with van der Waals surface area (Å²) in [6.45, 7) is 1.59. The standard InChI is InChI=1S/C16H17N5O2S/c1-2-24(22,23)21-13-8-6-12(7-9-13)14-11-16(20-19-14)18-15-5-3-4-10-17-15/h3-11,21H,2H2,1H3,(H2,17,18,19,20). The Morgan fingerprint density at radius 1 is 1.08 bits per heavy atom. The van der Waals surface area contributed by atoms with Crippen molar-refractivity contribution in [1.29, 1.82) is 0 Å². The second-order valence-electron chi connectivity index (χ2n) is 5.09. The fourth-order valence-electron chi connectivity index (χ4n) is 2.07. The van der Waals surface area contributed by atoms with E-state index in [1.807, 2.05) is 36.4 Å². The number of hydrogen-bond acceptors (Lipinski definition) is 5. The van der Waals surface area contributed by atoms with E-state index >= 15 is 0 Å². The van der Waals surface area contributed by atoms with Gasteiger partial charge in [-0.1, -0.05) is 18.2 Å². The Kier molecular flexibility index (Phi) is 4.48. The molecule has 1 aromatic carbocycles. The van der Waals surface area contributed by atoms with Gasteiger partial charge in [0.05, 0.1) is 11.4 Å². The van der Waals surface area contributed by atoms with Crippen LogP contribution in [0, 0.1) is 0 Å². The van der Waals surface area contributed by atoms with Gasteiger partial charge in [-0.2, -0.15) is 5.10 Å². The minimum absolute atomic E-state index is 0.0395. The fraction of sp³-hybridized carbons (Fsp3) is 0.125. The van der Waals surface area contributed by atoms with Gasteiger partial charge in [0.2, 0.25) is 10.0 Å². The molecule has 0 bridgehead atoms. The molecular weight excluding hydrogens is 326 g/mol. The van der Waals surface area contributed by atoms with Gasteiger partial charge in [0.1, 0.15) is 5.82 Å². The highest BCUT2D eigenvalue weighted by Gasteiger charge is 2.08. The molecule has 3 aromatic rings. The number of anilines is 3. The van der Waals surface area contributed by atoms with E-state index in [0.717, 1.165) is 11.3 Å². The smallest absolute Gasteiger partial charge is 0.232 e. The Labute approximate surface area is 140 Å². The molecule has 0 radical (unpaired) electrons. The fourth-order valence-corrected chi connectivity index (χ4v) is 2.71. The summed E-state index contributed by atoms with van der Waals surface area (Å²) in [6.07, 6.45) is 1.70. The van der Waals surface area contributed by atoms with Gasteiger partial charge in [-0.05, 0) is 36.8 Å². The summed E-state index contributed by atoms with van der Waals surface area (Å²) < 4.78 is 25.6. The number of sulfonamides is 1. The van der Waals surface area contributed by atoms with Crippen LogP contribution in [0.4, 0.5) is 17.3 Å². The third kappa shape index (κ3) is 3.90. The van der Waals surface area contributed by atoms with Crippen LogP contribution in [0.5, 0.6) is 0 Å². The van der Waals surface area contributed by atoms with E-state index in [4.69, 9.17) is 0 Å². The maximum absolute atomic E-state index is 11.6. The summed E-state index contributed by atoms with van der Waals surface area (Å²) in [7, 11) is -3.27. The lowest BCUT2D eigenvalue weighted by molar-refractivity contribution is 0.602. The molecule has 0 fully saturated rings. The van der Waals surface area contributed by atoms with Crippen LogP contribution in [0.2, 0.25) is 0 Å². The highest BCUT2D eigenvalue weighted by molar-refractivity contribution is 7.92. The molecular formula is C16H17N5O2S. The molecule has 24 heavy (non-hydrogen) atoms. The van der Waals surface area contributed by atoms with Gasteiger partial charge < -0.3 is 5.32 Å². The molecule has 0 unspecified atom stereocenters. The Balaban J connectivity index is 1.73. The molecule has 0 aliphatic rings. The lowest BCUT2D eigenvalue weighted by Gasteiger charge is -2.06. The number of hydrogen-bond donors (Lipinski definition) is 3. The average molecular weight is 343 g/mol. The van der Waals surface area contributed by atoms with E-state index in [-0.39, 0.29) is 5.75 Å². The monoisotopic (exact) mass is 343 g/mol. The summed E-state index contributed by atoms with van der Waals surface area (Å²) >= 11 is 0. The maximum Gasteiger partial charge on any atom is 0.232 e. The number of pyridine rings is 1. The van der Waals surface area contributed by atoms with E-state index in [0.29, 0.717) is 17.3 Å². The molecule has 0 amide bonds. The van der Waals surface area contributed by atoms with Gasteiger partial charge in [-0.15, -0.1) is 0 Å². The van der Waals surface area contributed by atoms with Crippen molar-refractivity contribution < 1.29 is 8.42 Å². The Morgan fingerprint density at radius 3 is 2.54 bits per heavy atom. The number of rotatable bonds is 6. The zero-order valence-electron chi connectivity index (χ0n) is 13.0. The van der Waals surface area contributed by atoms with Crippen molar-refractivity contribution in [3.8, 4) is 11.3 Å². The normalized spacial score (nSPS) is 11.2. The van der Waals surface area contributed by atoms with Crippen LogP contribution in [-0.2, 0) is 10.0 Å². The van der Waals surface area contributed by atoms with Crippen LogP contribution >= 0.6 is 0 Å². The first-order valence-corrected chi connectivity index (χ1v) is 9.05. The lowest BCUT2D eigenvalue weighted by atomic mass is 10.1. The third-order valence-electron chi connectivity index (χ3n) is 3.35. The van der Waals surface area contributed by atoms with E-state index in [2.05, 4.69) is 25.2 Å². The largest absolute Gasteiger partial charge is 0.323 e. The second kappa shape index (κ2) is 6.71. The first-order valence-electron chi connectivity index (χ1n) is 7.40. The van der Waals surface area contributed by atoms with Gasteiger partial charge in [0, 0.05) is 18.0 Å². The van der Waals surface area contributed by atoms with Crippen molar-refractivity contribution in [1.82, 2.24) is 15.2 Å². The van der Waals surface area contributed by atoms with E-state index in [9.17, 15) is 8.42 Å². The molecule has 2 aromatic heterocycles. The van der Waals surface area contributed by atoms with Crippen molar-refractivity contribution in [2.24, 2.45) is 0 Å². The molecule has 0 atom stereocenters. The summed E-state index contributed by atoms with van der Waals surface area (Å²) in [5.74, 6) is 1.40. The van der Waals surface area contributed by atoms with Gasteiger partial charge in [0.25, 0.3) is 0 Å². The molecule has 0 saturated carbocycles. The summed E-state index contributed by atoms with van der Waals surface area (Å²) in [5.41, 5.74) is 2.25. The Morgan fingerprint density at radius 2 is 1.88 bits per heavy atom. The lowest BCUT2D eigenvalue weighted by Crippen LogP contribution is -2.14. The first-order chi connectivity index (χ1) is 11.6. The highest BCUT2D eigenvalue weighted by atomic mass is 32.2. The number of aromatic nitrogens is 3. The SMILES string of the molecule is CCS(=O)(=O)Nc1ccc(-c2cc(Nc3ccccn3)n[nH]2)cc1. The van der Waals surface area contributed by atoms with E-state index in [1.165, 1.54) is 0 Å². The molecule has 2 heterocycles. The summed E-state index contributed by atoms with van der Waals surface area (Å²) in [4.78, 5) is 4.18. The predicted octanol–water partition coefficient (Wildman–Crippen LogP) is 2.98. The number of nitrogens with zero attached hydrogens (tertiary/aromatic N) is 2. The topological polar surface area (TPSA) is 99.8 Å². The molecule has 0 spiro atoms. The summed E-state index contributed by atoms with van der Waals surface area (Å²) in [5, 5.41) is 10.2. The molecule has 0 aliphatic carbocycles. The molecule has 3 N–H and O–H groups in total. The van der Waals surface area contributed by atoms with Crippen LogP contribution in [-0.4, -0.2) is 29.4 Å². The number of H-pyrrole nitrogens is 1. The molecule has 124 valence electrons. The van der Waals surface area contributed by atoms with E-state index in [1.54, 1.807) is 25.3 Å². The van der Waals surface area contributed by atoms with Gasteiger partial charge in [-0.25, -0.2) is 13.4 Å². The molecule has 7 nitrogen and oxygen atoms in total. The third-order valence-corrected chi connectivity index (χ3v) is 4.65. The number of nitrogens with one attached hydrogen (secondary N) is 3. The quantitative estimate of drug-likeness (QED) is 0.639. The Hall–Kier alpha value is -2.87. The van der Waals surface area contributed by atoms with Crippen LogP contribution in [0.25, 0.3) is 11.3 Å². The molecule has 3 rings (SSSR count). The summed E-state index contributed by atoms with van der Waals surface area (Å²) in [6, 6.07) is 14.5. The van der Waals surface area contributed by atoms with Crippen molar-refractivity contribution >= 4 is 27.3 Å². The Bertz CT molecular complexity index is 905. The first kappa shape index (κ1) is 16.0. The molecule has 0 saturated heterocycles. The van der Waals surface area contributed by atoms with Crippen LogP contribution in [0.15, 0.2) is 54.7 Å². The van der Waals surface area contributed by atoms with Crippen LogP contribution in [0.3, 0.4) is 0 Å². The number of aromatic amines is 1. The second-order valence-corrected chi connectivity index (χ2v) is 7.10. The zero-order valence-corrected chi connectivity index (χ0v) is 13.8. The van der Waals surface area contributed by atoms with Crippen LogP contribution < -0.4 is 10.0 Å².